The molecular formula is C44H42N10O5S2. The van der Waals surface area contributed by atoms with E-state index < -0.39 is 11.2 Å². The molecule has 0 bridgehead atoms. The highest BCUT2D eigenvalue weighted by molar-refractivity contribution is 8.15. The van der Waals surface area contributed by atoms with Crippen LogP contribution in [0.25, 0.3) is 33.5 Å². The summed E-state index contributed by atoms with van der Waals surface area (Å²) in [5, 5.41) is 19.5. The fraction of sp³-hybridized carbons (Fsp3) is 0.250. The zero-order chi connectivity index (χ0) is 42.5. The average molecular weight is 855 g/mol. The van der Waals surface area contributed by atoms with Gasteiger partial charge in [-0.3, -0.25) is 14.9 Å². The number of amides is 2. The number of aromatic nitrogens is 8. The van der Waals surface area contributed by atoms with Crippen LogP contribution in [0.1, 0.15) is 59.1 Å². The summed E-state index contributed by atoms with van der Waals surface area (Å²) in [5.74, 6) is 2.30. The summed E-state index contributed by atoms with van der Waals surface area (Å²) in [6.07, 6.45) is 2.33. The summed E-state index contributed by atoms with van der Waals surface area (Å²) in [7, 11) is 1.94. The molecule has 1 fully saturated rings. The first-order chi connectivity index (χ1) is 29.7. The number of imidazole rings is 2. The molecule has 3 N–H and O–H groups in total. The molecule has 4 aromatic carbocycles. The minimum atomic E-state index is -0.481. The van der Waals surface area contributed by atoms with E-state index in [0.29, 0.717) is 53.9 Å². The molecule has 2 amide bonds. The molecule has 17 heteroatoms. The van der Waals surface area contributed by atoms with Gasteiger partial charge in [0.05, 0.1) is 27.9 Å². The number of anilines is 1. The first-order valence-electron chi connectivity index (χ1n) is 19.8. The van der Waals surface area contributed by atoms with Crippen LogP contribution in [0.4, 0.5) is 10.6 Å². The molecule has 8 rings (SSSR count). The predicted octanol–water partition coefficient (Wildman–Crippen LogP) is 7.25. The van der Waals surface area contributed by atoms with Crippen LogP contribution in [-0.4, -0.2) is 73.7 Å². The highest BCUT2D eigenvalue weighted by Crippen LogP contribution is 2.31. The zero-order valence-corrected chi connectivity index (χ0v) is 35.3. The van der Waals surface area contributed by atoms with E-state index in [-0.39, 0.29) is 24.4 Å². The number of thioether (sulfide) groups is 1. The number of benzene rings is 4. The number of imide groups is 1. The standard InChI is InChI=1S/C44H42N10O5S2/c1-4-8-36-46-41(39(43(56)58-5-2)54(36)24-27-11-16-29(17-12-27)31-9-6-7-10-32(31)40-49-51-52-50-40)47-38(60)23-28-15-20-33-34(21-28)53(3)37(45-33)25-59-30-18-13-26(14-19-30)22-35-42(55)48-44(57)61-35/h6-7,9-21,35H,4-5,8,22-25H2,1-3H3,(H,47,60)(H,48,55,57)(H,49,50,51,52). The molecule has 4 heterocycles. The molecule has 0 radical (unpaired) electrons. The molecule has 1 atom stereocenters. The van der Waals surface area contributed by atoms with E-state index in [1.165, 1.54) is 0 Å². The minimum Gasteiger partial charge on any atom is -0.486 e. The molecule has 0 spiro atoms. The molecule has 1 aliphatic heterocycles. The van der Waals surface area contributed by atoms with Gasteiger partial charge < -0.3 is 23.9 Å². The lowest BCUT2D eigenvalue weighted by atomic mass is 9.98. The van der Waals surface area contributed by atoms with Crippen molar-refractivity contribution in [3.63, 3.8) is 0 Å². The summed E-state index contributed by atoms with van der Waals surface area (Å²) < 4.78 is 15.6. The Labute approximate surface area is 360 Å². The van der Waals surface area contributed by atoms with E-state index in [2.05, 4.69) is 38.2 Å². The highest BCUT2D eigenvalue weighted by Gasteiger charge is 2.31. The van der Waals surface area contributed by atoms with Gasteiger partial charge >= 0.3 is 5.97 Å². The Morgan fingerprint density at radius 2 is 1.67 bits per heavy atom. The van der Waals surface area contributed by atoms with Crippen LogP contribution in [0.2, 0.25) is 0 Å². The number of hydrogen-bond acceptors (Lipinski definition) is 12. The van der Waals surface area contributed by atoms with Gasteiger partial charge in [-0.1, -0.05) is 97.6 Å². The molecule has 1 unspecified atom stereocenters. The molecule has 0 aliphatic carbocycles. The number of fused-ring (bicyclic) bond motifs is 1. The lowest BCUT2D eigenvalue weighted by molar-refractivity contribution is -0.118. The van der Waals surface area contributed by atoms with E-state index in [1.54, 1.807) is 6.92 Å². The Kier molecular flexibility index (Phi) is 12.3. The van der Waals surface area contributed by atoms with Crippen molar-refractivity contribution in [2.24, 2.45) is 7.05 Å². The molecular weight excluding hydrogens is 813 g/mol. The average Bonchev–Trinajstić information content (AvgIpc) is 4.05. The maximum Gasteiger partial charge on any atom is 0.358 e. The fourth-order valence-electron chi connectivity index (χ4n) is 7.25. The molecule has 15 nitrogen and oxygen atoms in total. The van der Waals surface area contributed by atoms with Gasteiger partial charge in [0.2, 0.25) is 11.7 Å². The molecule has 310 valence electrons. The first kappa shape index (κ1) is 41.0. The third-order valence-corrected chi connectivity index (χ3v) is 11.5. The summed E-state index contributed by atoms with van der Waals surface area (Å²) in [5.41, 5.74) is 7.76. The van der Waals surface area contributed by atoms with Gasteiger partial charge in [0, 0.05) is 32.0 Å². The van der Waals surface area contributed by atoms with Gasteiger partial charge in [-0.05, 0) is 77.1 Å². The van der Waals surface area contributed by atoms with Gasteiger partial charge in [0.15, 0.2) is 11.5 Å². The van der Waals surface area contributed by atoms with Gasteiger partial charge in [-0.25, -0.2) is 14.8 Å². The van der Waals surface area contributed by atoms with Crippen LogP contribution < -0.4 is 15.4 Å². The number of rotatable bonds is 16. The number of ether oxygens (including phenoxy) is 2. The van der Waals surface area contributed by atoms with Crippen molar-refractivity contribution >= 4 is 62.9 Å². The summed E-state index contributed by atoms with van der Waals surface area (Å²) >= 11 is 6.90. The number of aryl methyl sites for hydroxylation is 2. The van der Waals surface area contributed by atoms with Crippen molar-refractivity contribution in [2.45, 2.75) is 57.9 Å². The summed E-state index contributed by atoms with van der Waals surface area (Å²) in [4.78, 5) is 47.3. The summed E-state index contributed by atoms with van der Waals surface area (Å²) in [6.45, 7) is 4.71. The van der Waals surface area contributed by atoms with E-state index in [1.807, 2.05) is 107 Å². The van der Waals surface area contributed by atoms with E-state index >= 15 is 0 Å². The smallest absolute Gasteiger partial charge is 0.358 e. The highest BCUT2D eigenvalue weighted by atomic mass is 32.2. The number of carbonyl (C=O) groups is 3. The lowest BCUT2D eigenvalue weighted by Crippen LogP contribution is -2.25. The van der Waals surface area contributed by atoms with Crippen LogP contribution in [0, 0.1) is 0 Å². The van der Waals surface area contributed by atoms with E-state index in [4.69, 9.17) is 31.7 Å². The van der Waals surface area contributed by atoms with Crippen molar-refractivity contribution in [1.82, 2.24) is 45.0 Å². The second-order valence-corrected chi connectivity index (χ2v) is 16.1. The van der Waals surface area contributed by atoms with Crippen LogP contribution in [0.15, 0.2) is 91.0 Å². The minimum absolute atomic E-state index is 0.209. The van der Waals surface area contributed by atoms with Crippen molar-refractivity contribution in [3.8, 4) is 28.3 Å². The lowest BCUT2D eigenvalue weighted by Gasteiger charge is -2.13. The van der Waals surface area contributed by atoms with Crippen LogP contribution >= 0.6 is 24.0 Å². The number of aromatic amines is 1. The molecule has 3 aromatic heterocycles. The Balaban J connectivity index is 0.958. The quantitative estimate of drug-likeness (QED) is 0.0653. The van der Waals surface area contributed by atoms with Crippen molar-refractivity contribution < 1.29 is 23.9 Å². The van der Waals surface area contributed by atoms with Crippen molar-refractivity contribution in [2.75, 3.05) is 11.9 Å². The van der Waals surface area contributed by atoms with E-state index in [0.717, 1.165) is 74.2 Å². The normalized spacial score (nSPS) is 13.7. The molecule has 7 aromatic rings. The number of carbonyl (C=O) groups excluding carboxylic acids is 3. The zero-order valence-electron chi connectivity index (χ0n) is 33.7. The number of nitrogens with one attached hydrogen (secondary N) is 3. The molecule has 1 saturated heterocycles. The Morgan fingerprint density at radius 1 is 0.918 bits per heavy atom. The first-order valence-corrected chi connectivity index (χ1v) is 21.1. The number of hydrogen-bond donors (Lipinski definition) is 3. The third-order valence-electron chi connectivity index (χ3n) is 10.2. The van der Waals surface area contributed by atoms with Crippen molar-refractivity contribution in [3.05, 3.63) is 125 Å². The maximum absolute atomic E-state index is 13.6. The van der Waals surface area contributed by atoms with Crippen LogP contribution in [0.5, 0.6) is 5.75 Å². The van der Waals surface area contributed by atoms with Crippen LogP contribution in [-0.2, 0) is 49.0 Å². The van der Waals surface area contributed by atoms with Crippen molar-refractivity contribution in [1.29, 1.82) is 0 Å². The molecule has 1 aliphatic rings. The number of nitrogens with zero attached hydrogens (tertiary/aromatic N) is 7. The number of H-pyrrole nitrogens is 1. The predicted molar refractivity (Wildman–Crippen MR) is 236 cm³/mol. The maximum atomic E-state index is 13.6. The largest absolute Gasteiger partial charge is 0.486 e. The SMILES string of the molecule is CCCc1nc(NC(=S)Cc2ccc3nc(COc4ccc(CC5SC(=O)NC5=O)cc4)n(C)c3c2)c(C(=O)OCC)n1Cc1ccc(-c2ccccc2-c2nn[nH]n2)cc1. The topological polar surface area (TPSA) is 184 Å². The number of esters is 1. The second-order valence-electron chi connectivity index (χ2n) is 14.4. The van der Waals surface area contributed by atoms with Gasteiger partial charge in [0.25, 0.3) is 5.24 Å². The van der Waals surface area contributed by atoms with Gasteiger partial charge in [0.1, 0.15) is 24.0 Å². The van der Waals surface area contributed by atoms with E-state index in [9.17, 15) is 14.4 Å². The number of tetrazole rings is 1. The molecule has 61 heavy (non-hydrogen) atoms. The number of thiocarbonyl (C=S) groups is 1. The Bertz CT molecular complexity index is 2730. The van der Waals surface area contributed by atoms with Gasteiger partial charge in [-0.15, -0.1) is 10.2 Å². The van der Waals surface area contributed by atoms with Gasteiger partial charge in [-0.2, -0.15) is 5.21 Å². The Morgan fingerprint density at radius 3 is 2.38 bits per heavy atom. The monoisotopic (exact) mass is 854 g/mol. The van der Waals surface area contributed by atoms with Crippen LogP contribution in [0.3, 0.4) is 0 Å². The Hall–Kier alpha value is -6.72. The third kappa shape index (κ3) is 9.22. The second kappa shape index (κ2) is 18.3. The summed E-state index contributed by atoms with van der Waals surface area (Å²) in [6, 6.07) is 29.6. The fourth-order valence-corrected chi connectivity index (χ4v) is 8.38. The molecule has 0 saturated carbocycles.